The molecular formula is C17H20O2. The number of benzene rings is 1. The van der Waals surface area contributed by atoms with Crippen molar-refractivity contribution in [2.75, 3.05) is 0 Å². The molecule has 0 unspecified atom stereocenters. The maximum Gasteiger partial charge on any atom is 0.167 e. The molecule has 2 heteroatoms. The number of ketones is 1. The molecule has 1 aromatic carbocycles. The van der Waals surface area contributed by atoms with Crippen molar-refractivity contribution in [2.45, 2.75) is 46.5 Å². The van der Waals surface area contributed by atoms with Gasteiger partial charge in [0.1, 0.15) is 11.3 Å². The van der Waals surface area contributed by atoms with Gasteiger partial charge >= 0.3 is 0 Å². The summed E-state index contributed by atoms with van der Waals surface area (Å²) in [5.74, 6) is 1.57. The van der Waals surface area contributed by atoms with Crippen LogP contribution in [0.4, 0.5) is 0 Å². The lowest BCUT2D eigenvalue weighted by atomic mass is 9.76. The zero-order chi connectivity index (χ0) is 13.8. The predicted octanol–water partition coefficient (Wildman–Crippen LogP) is 4.71. The summed E-state index contributed by atoms with van der Waals surface area (Å²) in [6.45, 7) is 8.58. The van der Waals surface area contributed by atoms with E-state index in [1.54, 1.807) is 0 Å². The summed E-state index contributed by atoms with van der Waals surface area (Å²) >= 11 is 0. The lowest BCUT2D eigenvalue weighted by Gasteiger charge is -2.27. The molecule has 0 atom stereocenters. The van der Waals surface area contributed by atoms with Crippen LogP contribution in [0.3, 0.4) is 0 Å². The molecule has 0 fully saturated rings. The number of hydrogen-bond acceptors (Lipinski definition) is 2. The van der Waals surface area contributed by atoms with Crippen LogP contribution in [0.25, 0.3) is 11.0 Å². The minimum Gasteiger partial charge on any atom is -0.460 e. The molecular weight excluding hydrogens is 236 g/mol. The standard InChI is InChI=1S/C17H20O2/c1-10(2)11-5-6-12-14(7-11)19-15-9-17(3,4)8-13(18)16(12)15/h5-7,10H,8-9H2,1-4H3. The Morgan fingerprint density at radius 2 is 1.95 bits per heavy atom. The molecule has 100 valence electrons. The Hall–Kier alpha value is -1.57. The molecule has 0 radical (unpaired) electrons. The fourth-order valence-electron chi connectivity index (χ4n) is 2.97. The molecule has 0 bridgehead atoms. The average Bonchev–Trinajstić information content (AvgIpc) is 2.63. The van der Waals surface area contributed by atoms with Crippen LogP contribution in [-0.4, -0.2) is 5.78 Å². The second-order valence-electron chi connectivity index (χ2n) is 6.75. The van der Waals surface area contributed by atoms with Crippen LogP contribution in [0.15, 0.2) is 22.6 Å². The number of carbonyl (C=O) groups is 1. The van der Waals surface area contributed by atoms with Gasteiger partial charge in [0.2, 0.25) is 0 Å². The van der Waals surface area contributed by atoms with Gasteiger partial charge in [-0.15, -0.1) is 0 Å². The van der Waals surface area contributed by atoms with Crippen LogP contribution in [0.1, 0.15) is 61.7 Å². The van der Waals surface area contributed by atoms with Gasteiger partial charge in [0.25, 0.3) is 0 Å². The van der Waals surface area contributed by atoms with Crippen molar-refractivity contribution in [2.24, 2.45) is 5.41 Å². The van der Waals surface area contributed by atoms with Crippen LogP contribution >= 0.6 is 0 Å². The third-order valence-corrected chi connectivity index (χ3v) is 4.01. The zero-order valence-electron chi connectivity index (χ0n) is 12.0. The molecule has 1 heterocycles. The van der Waals surface area contributed by atoms with Gasteiger partial charge in [-0.25, -0.2) is 0 Å². The van der Waals surface area contributed by atoms with Gasteiger partial charge < -0.3 is 4.42 Å². The van der Waals surface area contributed by atoms with Crippen LogP contribution in [0, 0.1) is 5.41 Å². The van der Waals surface area contributed by atoms with Gasteiger partial charge in [-0.3, -0.25) is 4.79 Å². The SMILES string of the molecule is CC(C)c1ccc2c3c(oc2c1)CC(C)(C)CC3=O. The lowest BCUT2D eigenvalue weighted by molar-refractivity contribution is 0.0906. The molecule has 0 aliphatic heterocycles. The van der Waals surface area contributed by atoms with Gasteiger partial charge in [-0.2, -0.15) is 0 Å². The molecule has 19 heavy (non-hydrogen) atoms. The quantitative estimate of drug-likeness (QED) is 0.739. The molecule has 1 aliphatic carbocycles. The predicted molar refractivity (Wildman–Crippen MR) is 76.7 cm³/mol. The zero-order valence-corrected chi connectivity index (χ0v) is 12.0. The lowest BCUT2D eigenvalue weighted by Crippen LogP contribution is -2.25. The smallest absolute Gasteiger partial charge is 0.167 e. The number of furan rings is 1. The number of rotatable bonds is 1. The molecule has 2 aromatic rings. The second kappa shape index (κ2) is 3.96. The normalized spacial score (nSPS) is 18.1. The van der Waals surface area contributed by atoms with E-state index in [2.05, 4.69) is 39.8 Å². The van der Waals surface area contributed by atoms with E-state index in [4.69, 9.17) is 4.42 Å². The number of carbonyl (C=O) groups excluding carboxylic acids is 1. The minimum absolute atomic E-state index is 0.0127. The molecule has 3 rings (SSSR count). The van der Waals surface area contributed by atoms with E-state index in [-0.39, 0.29) is 11.2 Å². The second-order valence-corrected chi connectivity index (χ2v) is 6.75. The highest BCUT2D eigenvalue weighted by Crippen LogP contribution is 2.40. The Bertz CT molecular complexity index is 659. The number of Topliss-reactive ketones (excluding diaryl/α,β-unsaturated/α-hetero) is 1. The van der Waals surface area contributed by atoms with E-state index < -0.39 is 0 Å². The van der Waals surface area contributed by atoms with Crippen molar-refractivity contribution < 1.29 is 9.21 Å². The summed E-state index contributed by atoms with van der Waals surface area (Å²) in [5.41, 5.74) is 2.95. The Labute approximate surface area is 113 Å². The molecule has 0 amide bonds. The van der Waals surface area contributed by atoms with Gasteiger partial charge in [0.15, 0.2) is 5.78 Å². The molecule has 0 saturated heterocycles. The highest BCUT2D eigenvalue weighted by atomic mass is 16.3. The monoisotopic (exact) mass is 256 g/mol. The summed E-state index contributed by atoms with van der Waals surface area (Å²) in [6, 6.07) is 6.23. The Morgan fingerprint density at radius 3 is 2.63 bits per heavy atom. The molecule has 2 nitrogen and oxygen atoms in total. The van der Waals surface area contributed by atoms with E-state index >= 15 is 0 Å². The fraction of sp³-hybridized carbons (Fsp3) is 0.471. The van der Waals surface area contributed by atoms with Crippen molar-refractivity contribution in [3.05, 3.63) is 35.1 Å². The van der Waals surface area contributed by atoms with Crippen LogP contribution in [0.5, 0.6) is 0 Å². The van der Waals surface area contributed by atoms with Crippen LogP contribution in [-0.2, 0) is 6.42 Å². The summed E-state index contributed by atoms with van der Waals surface area (Å²) in [5, 5.41) is 0.986. The number of fused-ring (bicyclic) bond motifs is 3. The third-order valence-electron chi connectivity index (χ3n) is 4.01. The highest BCUT2D eigenvalue weighted by molar-refractivity contribution is 6.09. The van der Waals surface area contributed by atoms with Crippen molar-refractivity contribution in [3.63, 3.8) is 0 Å². The maximum absolute atomic E-state index is 12.3. The first-order valence-electron chi connectivity index (χ1n) is 6.96. The minimum atomic E-state index is 0.0127. The highest BCUT2D eigenvalue weighted by Gasteiger charge is 2.35. The van der Waals surface area contributed by atoms with Crippen LogP contribution < -0.4 is 0 Å². The third kappa shape index (κ3) is 1.99. The first-order valence-corrected chi connectivity index (χ1v) is 6.96. The topological polar surface area (TPSA) is 30.2 Å². The Kier molecular flexibility index (Phi) is 2.60. The summed E-state index contributed by atoms with van der Waals surface area (Å²) < 4.78 is 5.97. The Morgan fingerprint density at radius 1 is 1.21 bits per heavy atom. The van der Waals surface area contributed by atoms with E-state index in [1.807, 2.05) is 6.07 Å². The molecule has 0 spiro atoms. The Balaban J connectivity index is 2.20. The van der Waals surface area contributed by atoms with Crippen molar-refractivity contribution in [1.82, 2.24) is 0 Å². The molecule has 0 N–H and O–H groups in total. The van der Waals surface area contributed by atoms with Gasteiger partial charge in [-0.05, 0) is 23.0 Å². The summed E-state index contributed by atoms with van der Waals surface area (Å²) in [7, 11) is 0. The first kappa shape index (κ1) is 12.5. The van der Waals surface area contributed by atoms with Crippen molar-refractivity contribution in [1.29, 1.82) is 0 Å². The molecule has 1 aliphatic rings. The summed E-state index contributed by atoms with van der Waals surface area (Å²) in [4.78, 5) is 12.3. The van der Waals surface area contributed by atoms with E-state index in [9.17, 15) is 4.79 Å². The fourth-order valence-corrected chi connectivity index (χ4v) is 2.97. The van der Waals surface area contributed by atoms with Crippen molar-refractivity contribution >= 4 is 16.8 Å². The average molecular weight is 256 g/mol. The first-order chi connectivity index (χ1) is 8.87. The maximum atomic E-state index is 12.3. The van der Waals surface area contributed by atoms with E-state index in [0.717, 1.165) is 28.7 Å². The van der Waals surface area contributed by atoms with Crippen LogP contribution in [0.2, 0.25) is 0 Å². The largest absolute Gasteiger partial charge is 0.460 e. The van der Waals surface area contributed by atoms with Crippen molar-refractivity contribution in [3.8, 4) is 0 Å². The van der Waals surface area contributed by atoms with E-state index in [1.165, 1.54) is 5.56 Å². The van der Waals surface area contributed by atoms with Gasteiger partial charge in [0.05, 0.1) is 5.56 Å². The summed E-state index contributed by atoms with van der Waals surface area (Å²) in [6.07, 6.45) is 1.46. The number of hydrogen-bond donors (Lipinski definition) is 0. The van der Waals surface area contributed by atoms with Gasteiger partial charge in [-0.1, -0.05) is 39.8 Å². The van der Waals surface area contributed by atoms with E-state index in [0.29, 0.717) is 12.3 Å². The molecule has 0 saturated carbocycles. The molecule has 1 aromatic heterocycles. The van der Waals surface area contributed by atoms with Gasteiger partial charge in [0, 0.05) is 18.2 Å².